The van der Waals surface area contributed by atoms with Gasteiger partial charge in [0.2, 0.25) is 5.91 Å². The molecule has 1 aliphatic heterocycles. The van der Waals surface area contributed by atoms with Gasteiger partial charge in [-0.3, -0.25) is 9.36 Å². The van der Waals surface area contributed by atoms with Crippen molar-refractivity contribution in [2.75, 3.05) is 22.6 Å². The molecular formula is C20H19ClN4OS3. The second kappa shape index (κ2) is 9.47. The molecule has 3 aromatic rings. The lowest BCUT2D eigenvalue weighted by Crippen LogP contribution is -2.14. The fourth-order valence-corrected chi connectivity index (χ4v) is 6.61. The van der Waals surface area contributed by atoms with E-state index >= 15 is 0 Å². The van der Waals surface area contributed by atoms with Crippen LogP contribution < -0.4 is 5.32 Å². The first kappa shape index (κ1) is 20.7. The highest BCUT2D eigenvalue weighted by atomic mass is 35.5. The second-order valence-corrected chi connectivity index (χ2v) is 10.5. The monoisotopic (exact) mass is 462 g/mol. The largest absolute Gasteiger partial charge is 0.325 e. The average molecular weight is 463 g/mol. The fourth-order valence-electron chi connectivity index (χ4n) is 2.87. The fraction of sp³-hybridized carbons (Fsp3) is 0.250. The molecule has 0 bridgehead atoms. The van der Waals surface area contributed by atoms with Gasteiger partial charge in [-0.1, -0.05) is 41.6 Å². The first-order chi connectivity index (χ1) is 14.1. The molecular weight excluding hydrogens is 444 g/mol. The molecule has 2 heterocycles. The summed E-state index contributed by atoms with van der Waals surface area (Å²) in [4.78, 5) is 12.5. The van der Waals surface area contributed by atoms with Crippen molar-refractivity contribution in [2.45, 2.75) is 16.7 Å². The van der Waals surface area contributed by atoms with E-state index in [1.165, 1.54) is 28.8 Å². The van der Waals surface area contributed by atoms with Crippen LogP contribution in [0.5, 0.6) is 0 Å². The summed E-state index contributed by atoms with van der Waals surface area (Å²) in [5, 5.41) is 12.4. The minimum absolute atomic E-state index is 0.0737. The average Bonchev–Trinajstić information content (AvgIpc) is 3.41. The summed E-state index contributed by atoms with van der Waals surface area (Å²) < 4.78 is 2.29. The van der Waals surface area contributed by atoms with Crippen LogP contribution in [0.1, 0.15) is 15.7 Å². The smallest absolute Gasteiger partial charge is 0.234 e. The lowest BCUT2D eigenvalue weighted by Gasteiger charge is -2.11. The van der Waals surface area contributed by atoms with Gasteiger partial charge in [-0.2, -0.15) is 0 Å². The van der Waals surface area contributed by atoms with Gasteiger partial charge in [-0.25, -0.2) is 0 Å². The van der Waals surface area contributed by atoms with Gasteiger partial charge in [0, 0.05) is 22.2 Å². The van der Waals surface area contributed by atoms with Crippen molar-refractivity contribution in [1.29, 1.82) is 0 Å². The number of anilines is 1. The van der Waals surface area contributed by atoms with Crippen molar-refractivity contribution in [1.82, 2.24) is 14.8 Å². The van der Waals surface area contributed by atoms with Crippen LogP contribution in [0.25, 0.3) is 5.69 Å². The molecule has 1 N–H and O–H groups in total. The Morgan fingerprint density at radius 1 is 1.28 bits per heavy atom. The van der Waals surface area contributed by atoms with E-state index in [0.29, 0.717) is 14.8 Å². The maximum Gasteiger partial charge on any atom is 0.234 e. The van der Waals surface area contributed by atoms with Crippen LogP contribution in [0.2, 0.25) is 5.02 Å². The molecule has 1 amide bonds. The topological polar surface area (TPSA) is 59.8 Å². The summed E-state index contributed by atoms with van der Waals surface area (Å²) in [7, 11) is 0. The summed E-state index contributed by atoms with van der Waals surface area (Å²) in [6.07, 6.45) is 1.63. The van der Waals surface area contributed by atoms with E-state index in [0.717, 1.165) is 16.9 Å². The van der Waals surface area contributed by atoms with Gasteiger partial charge in [0.25, 0.3) is 0 Å². The number of benzene rings is 2. The van der Waals surface area contributed by atoms with Crippen molar-refractivity contribution in [3.05, 3.63) is 64.9 Å². The molecule has 0 radical (unpaired) electrons. The van der Waals surface area contributed by atoms with Gasteiger partial charge in [0.05, 0.1) is 16.0 Å². The highest BCUT2D eigenvalue weighted by Crippen LogP contribution is 2.45. The third kappa shape index (κ3) is 5.12. The van der Waals surface area contributed by atoms with Gasteiger partial charge in [-0.15, -0.1) is 33.7 Å². The predicted molar refractivity (Wildman–Crippen MR) is 125 cm³/mol. The van der Waals surface area contributed by atoms with Crippen LogP contribution in [0.15, 0.2) is 53.9 Å². The number of hydrogen-bond acceptors (Lipinski definition) is 6. The van der Waals surface area contributed by atoms with E-state index in [1.807, 2.05) is 65.3 Å². The minimum Gasteiger partial charge on any atom is -0.325 e. The zero-order chi connectivity index (χ0) is 20.2. The molecule has 2 aromatic carbocycles. The van der Waals surface area contributed by atoms with Gasteiger partial charge >= 0.3 is 0 Å². The number of aryl methyl sites for hydroxylation is 1. The van der Waals surface area contributed by atoms with Crippen molar-refractivity contribution >= 4 is 58.5 Å². The number of hydrogen-bond donors (Lipinski definition) is 1. The number of halogens is 1. The summed E-state index contributed by atoms with van der Waals surface area (Å²) in [6.45, 7) is 1.96. The quantitative estimate of drug-likeness (QED) is 0.492. The Hall–Kier alpha value is -1.61. The van der Waals surface area contributed by atoms with Crippen LogP contribution in [0.3, 0.4) is 0 Å². The molecule has 4 rings (SSSR count). The van der Waals surface area contributed by atoms with Crippen molar-refractivity contribution < 1.29 is 4.79 Å². The van der Waals surface area contributed by atoms with E-state index in [2.05, 4.69) is 27.6 Å². The highest BCUT2D eigenvalue weighted by Gasteiger charge is 2.18. The number of amides is 1. The van der Waals surface area contributed by atoms with Crippen LogP contribution in [-0.2, 0) is 4.79 Å². The number of nitrogens with one attached hydrogen (secondary N) is 1. The lowest BCUT2D eigenvalue weighted by atomic mass is 10.2. The number of thioether (sulfide) groups is 3. The molecule has 1 fully saturated rings. The molecule has 1 aliphatic rings. The lowest BCUT2D eigenvalue weighted by molar-refractivity contribution is -0.113. The van der Waals surface area contributed by atoms with Gasteiger partial charge < -0.3 is 5.32 Å². The summed E-state index contributed by atoms with van der Waals surface area (Å²) in [6, 6.07) is 13.9. The van der Waals surface area contributed by atoms with E-state index < -0.39 is 0 Å². The van der Waals surface area contributed by atoms with Crippen LogP contribution >= 0.6 is 46.9 Å². The third-order valence-electron chi connectivity index (χ3n) is 4.35. The molecule has 9 heteroatoms. The van der Waals surface area contributed by atoms with Crippen LogP contribution in [-0.4, -0.2) is 37.9 Å². The minimum atomic E-state index is -0.0737. The van der Waals surface area contributed by atoms with Gasteiger partial charge in [0.15, 0.2) is 5.16 Å². The Kier molecular flexibility index (Phi) is 6.74. The van der Waals surface area contributed by atoms with E-state index in [9.17, 15) is 4.79 Å². The highest BCUT2D eigenvalue weighted by molar-refractivity contribution is 8.19. The van der Waals surface area contributed by atoms with Crippen LogP contribution in [0, 0.1) is 6.92 Å². The summed E-state index contributed by atoms with van der Waals surface area (Å²) in [5.74, 6) is 2.52. The summed E-state index contributed by atoms with van der Waals surface area (Å²) in [5.41, 5.74) is 3.95. The first-order valence-electron chi connectivity index (χ1n) is 9.02. The molecule has 150 valence electrons. The number of nitrogens with zero attached hydrogens (tertiary/aromatic N) is 3. The number of rotatable bonds is 6. The zero-order valence-corrected chi connectivity index (χ0v) is 18.9. The Morgan fingerprint density at radius 3 is 2.90 bits per heavy atom. The number of aromatic nitrogens is 3. The van der Waals surface area contributed by atoms with Crippen molar-refractivity contribution in [2.24, 2.45) is 0 Å². The second-order valence-electron chi connectivity index (χ2n) is 6.45. The predicted octanol–water partition coefficient (Wildman–Crippen LogP) is 5.44. The maximum absolute atomic E-state index is 12.5. The molecule has 0 spiro atoms. The Labute approximate surface area is 187 Å². The molecule has 29 heavy (non-hydrogen) atoms. The maximum atomic E-state index is 12.5. The standard InChI is InChI=1S/C20H19ClN4OS3/c1-13-5-6-16(10-17(13)21)25-12-22-24-20(25)29-11-18(26)23-15-4-2-3-14(9-15)19-27-7-8-28-19/h2-6,9-10,12,19H,7-8,11H2,1H3,(H,23,26). The third-order valence-corrected chi connectivity index (χ3v) is 8.80. The molecule has 0 saturated carbocycles. The van der Waals surface area contributed by atoms with E-state index in [1.54, 1.807) is 6.33 Å². The number of carbonyl (C=O) groups excluding carboxylic acids is 1. The molecule has 0 atom stereocenters. The molecule has 0 aliphatic carbocycles. The number of carbonyl (C=O) groups is 1. The molecule has 0 unspecified atom stereocenters. The van der Waals surface area contributed by atoms with E-state index in [-0.39, 0.29) is 11.7 Å². The van der Waals surface area contributed by atoms with Gasteiger partial charge in [-0.05, 0) is 42.3 Å². The molecule has 1 aromatic heterocycles. The van der Waals surface area contributed by atoms with E-state index in [4.69, 9.17) is 11.6 Å². The molecule has 1 saturated heterocycles. The van der Waals surface area contributed by atoms with Crippen LogP contribution in [0.4, 0.5) is 5.69 Å². The summed E-state index contributed by atoms with van der Waals surface area (Å²) >= 11 is 11.5. The normalized spacial score (nSPS) is 14.3. The molecule has 5 nitrogen and oxygen atoms in total. The van der Waals surface area contributed by atoms with Gasteiger partial charge in [0.1, 0.15) is 6.33 Å². The van der Waals surface area contributed by atoms with Crippen molar-refractivity contribution in [3.63, 3.8) is 0 Å². The first-order valence-corrected chi connectivity index (χ1v) is 12.5. The zero-order valence-electron chi connectivity index (χ0n) is 15.7. The van der Waals surface area contributed by atoms with Crippen molar-refractivity contribution in [3.8, 4) is 5.69 Å². The Morgan fingerprint density at radius 2 is 2.10 bits per heavy atom. The SMILES string of the molecule is Cc1ccc(-n2cnnc2SCC(=O)Nc2cccc(C3SCCS3)c2)cc1Cl. The Bertz CT molecular complexity index is 1020. The Balaban J connectivity index is 1.39.